The third-order valence-electron chi connectivity index (χ3n) is 2.81. The zero-order valence-electron chi connectivity index (χ0n) is 11.5. The number of hydrogen-bond acceptors (Lipinski definition) is 4. The summed E-state index contributed by atoms with van der Waals surface area (Å²) in [7, 11) is 1.57. The van der Waals surface area contributed by atoms with E-state index in [9.17, 15) is 19.1 Å². The SMILES string of the molecule is CCOC(=O)CCN(C)C(C(=O)O)c1cccc(F)c1. The molecule has 0 aromatic heterocycles. The number of nitrogens with zero attached hydrogens (tertiary/aromatic N) is 1. The van der Waals surface area contributed by atoms with E-state index in [4.69, 9.17) is 4.74 Å². The molecule has 0 saturated heterocycles. The largest absolute Gasteiger partial charge is 0.480 e. The molecule has 0 aliphatic carbocycles. The number of hydrogen-bond donors (Lipinski definition) is 1. The maximum Gasteiger partial charge on any atom is 0.325 e. The van der Waals surface area contributed by atoms with E-state index in [1.807, 2.05) is 0 Å². The zero-order valence-corrected chi connectivity index (χ0v) is 11.5. The van der Waals surface area contributed by atoms with Crippen molar-refractivity contribution in [2.75, 3.05) is 20.2 Å². The molecule has 20 heavy (non-hydrogen) atoms. The molecule has 0 aliphatic heterocycles. The summed E-state index contributed by atoms with van der Waals surface area (Å²) in [6.07, 6.45) is 0.0867. The quantitative estimate of drug-likeness (QED) is 0.773. The van der Waals surface area contributed by atoms with E-state index in [-0.39, 0.29) is 25.5 Å². The Morgan fingerprint density at radius 3 is 2.70 bits per heavy atom. The van der Waals surface area contributed by atoms with Crippen LogP contribution in [-0.2, 0) is 14.3 Å². The van der Waals surface area contributed by atoms with E-state index in [0.29, 0.717) is 5.56 Å². The first kappa shape index (κ1) is 16.1. The molecule has 5 nitrogen and oxygen atoms in total. The summed E-state index contributed by atoms with van der Waals surface area (Å²) in [4.78, 5) is 24.1. The lowest BCUT2D eigenvalue weighted by atomic mass is 10.1. The Labute approximate surface area is 117 Å². The van der Waals surface area contributed by atoms with Crippen molar-refractivity contribution >= 4 is 11.9 Å². The number of rotatable bonds is 7. The number of carboxylic acid groups (broad SMARTS) is 1. The van der Waals surface area contributed by atoms with Crippen LogP contribution < -0.4 is 0 Å². The minimum Gasteiger partial charge on any atom is -0.480 e. The van der Waals surface area contributed by atoms with Crippen molar-refractivity contribution in [3.8, 4) is 0 Å². The normalized spacial score (nSPS) is 12.2. The van der Waals surface area contributed by atoms with Crippen LogP contribution in [0.1, 0.15) is 24.9 Å². The van der Waals surface area contributed by atoms with Gasteiger partial charge in [0.2, 0.25) is 0 Å². The first-order valence-electron chi connectivity index (χ1n) is 6.29. The third-order valence-corrected chi connectivity index (χ3v) is 2.81. The summed E-state index contributed by atoms with van der Waals surface area (Å²) in [5.41, 5.74) is 0.337. The third kappa shape index (κ3) is 4.62. The van der Waals surface area contributed by atoms with E-state index in [1.165, 1.54) is 23.1 Å². The molecule has 0 spiro atoms. The average Bonchev–Trinajstić information content (AvgIpc) is 2.36. The molecule has 0 fully saturated rings. The fraction of sp³-hybridized carbons (Fsp3) is 0.429. The lowest BCUT2D eigenvalue weighted by Gasteiger charge is -2.24. The first-order chi connectivity index (χ1) is 9.45. The summed E-state index contributed by atoms with van der Waals surface area (Å²) < 4.78 is 18.0. The lowest BCUT2D eigenvalue weighted by molar-refractivity contribution is -0.146. The van der Waals surface area contributed by atoms with Crippen LogP contribution in [0.4, 0.5) is 4.39 Å². The van der Waals surface area contributed by atoms with Gasteiger partial charge in [-0.3, -0.25) is 14.5 Å². The molecule has 6 heteroatoms. The van der Waals surface area contributed by atoms with Gasteiger partial charge in [-0.25, -0.2) is 4.39 Å². The number of esters is 1. The summed E-state index contributed by atoms with van der Waals surface area (Å²) in [5.74, 6) is -1.97. The van der Waals surface area contributed by atoms with Gasteiger partial charge in [-0.15, -0.1) is 0 Å². The lowest BCUT2D eigenvalue weighted by Crippen LogP contribution is -2.32. The second-order valence-corrected chi connectivity index (χ2v) is 4.33. The van der Waals surface area contributed by atoms with Crippen molar-refractivity contribution in [1.29, 1.82) is 0 Å². The molecule has 1 rings (SSSR count). The second-order valence-electron chi connectivity index (χ2n) is 4.33. The van der Waals surface area contributed by atoms with Crippen molar-refractivity contribution in [2.45, 2.75) is 19.4 Å². The summed E-state index contributed by atoms with van der Waals surface area (Å²) in [5, 5.41) is 9.28. The predicted octanol–water partition coefficient (Wildman–Crippen LogP) is 1.84. The van der Waals surface area contributed by atoms with Crippen LogP contribution in [0.2, 0.25) is 0 Å². The maximum atomic E-state index is 13.2. The molecule has 0 bridgehead atoms. The fourth-order valence-corrected chi connectivity index (χ4v) is 1.89. The minimum atomic E-state index is -1.10. The molecule has 1 atom stereocenters. The number of aliphatic carboxylic acids is 1. The molecule has 1 unspecified atom stereocenters. The Morgan fingerprint density at radius 2 is 2.15 bits per heavy atom. The molecule has 1 aromatic carbocycles. The Balaban J connectivity index is 2.76. The van der Waals surface area contributed by atoms with Crippen molar-refractivity contribution in [3.05, 3.63) is 35.6 Å². The average molecular weight is 283 g/mol. The summed E-state index contributed by atoms with van der Waals surface area (Å²) >= 11 is 0. The number of benzene rings is 1. The highest BCUT2D eigenvalue weighted by Gasteiger charge is 2.25. The zero-order chi connectivity index (χ0) is 15.1. The minimum absolute atomic E-state index is 0.0867. The molecule has 0 amide bonds. The highest BCUT2D eigenvalue weighted by Crippen LogP contribution is 2.20. The molecular formula is C14H18FNO4. The standard InChI is InChI=1S/C14H18FNO4/c1-3-20-12(17)7-8-16(2)13(14(18)19)10-5-4-6-11(15)9-10/h4-6,9,13H,3,7-8H2,1-2H3,(H,18,19). The number of carboxylic acids is 1. The van der Waals surface area contributed by atoms with Gasteiger partial charge in [-0.2, -0.15) is 0 Å². The van der Waals surface area contributed by atoms with Crippen molar-refractivity contribution in [3.63, 3.8) is 0 Å². The highest BCUT2D eigenvalue weighted by molar-refractivity contribution is 5.75. The van der Waals surface area contributed by atoms with Gasteiger partial charge in [0, 0.05) is 6.54 Å². The van der Waals surface area contributed by atoms with Crippen molar-refractivity contribution in [1.82, 2.24) is 4.90 Å². The Kier molecular flexibility index (Phi) is 6.11. The fourth-order valence-electron chi connectivity index (χ4n) is 1.89. The van der Waals surface area contributed by atoms with Crippen molar-refractivity contribution in [2.24, 2.45) is 0 Å². The monoisotopic (exact) mass is 283 g/mol. The van der Waals surface area contributed by atoms with E-state index >= 15 is 0 Å². The molecule has 0 radical (unpaired) electrons. The van der Waals surface area contributed by atoms with Crippen LogP contribution in [0, 0.1) is 5.82 Å². The van der Waals surface area contributed by atoms with Crippen molar-refractivity contribution < 1.29 is 23.8 Å². The van der Waals surface area contributed by atoms with Gasteiger partial charge in [-0.05, 0) is 31.7 Å². The summed E-state index contributed by atoms with van der Waals surface area (Å²) in [6, 6.07) is 4.43. The van der Waals surface area contributed by atoms with Gasteiger partial charge in [0.1, 0.15) is 11.9 Å². The molecule has 1 aromatic rings. The molecular weight excluding hydrogens is 265 g/mol. The van der Waals surface area contributed by atoms with Gasteiger partial charge in [0.25, 0.3) is 0 Å². The van der Waals surface area contributed by atoms with Gasteiger partial charge >= 0.3 is 11.9 Å². The van der Waals surface area contributed by atoms with E-state index < -0.39 is 17.8 Å². The topological polar surface area (TPSA) is 66.8 Å². The van der Waals surface area contributed by atoms with Gasteiger partial charge in [0.05, 0.1) is 13.0 Å². The number of halogens is 1. The predicted molar refractivity (Wildman–Crippen MR) is 70.7 cm³/mol. The number of likely N-dealkylation sites (N-methyl/N-ethyl adjacent to an activating group) is 1. The summed E-state index contributed by atoms with van der Waals surface area (Å²) in [6.45, 7) is 2.20. The molecule has 0 saturated carbocycles. The van der Waals surface area contributed by atoms with Crippen LogP contribution >= 0.6 is 0 Å². The van der Waals surface area contributed by atoms with E-state index in [1.54, 1.807) is 20.0 Å². The Hall–Kier alpha value is -1.95. The molecule has 0 heterocycles. The Bertz CT molecular complexity index is 478. The number of carbonyl (C=O) groups excluding carboxylic acids is 1. The van der Waals surface area contributed by atoms with Gasteiger partial charge in [-0.1, -0.05) is 12.1 Å². The Morgan fingerprint density at radius 1 is 1.45 bits per heavy atom. The molecule has 110 valence electrons. The van der Waals surface area contributed by atoms with Crippen LogP contribution in [0.5, 0.6) is 0 Å². The molecule has 1 N–H and O–H groups in total. The van der Waals surface area contributed by atoms with Crippen LogP contribution in [0.3, 0.4) is 0 Å². The van der Waals surface area contributed by atoms with Gasteiger partial charge in [0.15, 0.2) is 0 Å². The van der Waals surface area contributed by atoms with Crippen LogP contribution in [-0.4, -0.2) is 42.1 Å². The second kappa shape index (κ2) is 7.59. The maximum absolute atomic E-state index is 13.2. The van der Waals surface area contributed by atoms with E-state index in [2.05, 4.69) is 0 Å². The van der Waals surface area contributed by atoms with Crippen LogP contribution in [0.25, 0.3) is 0 Å². The van der Waals surface area contributed by atoms with Gasteiger partial charge < -0.3 is 9.84 Å². The molecule has 0 aliphatic rings. The number of carbonyl (C=O) groups is 2. The van der Waals surface area contributed by atoms with Crippen LogP contribution in [0.15, 0.2) is 24.3 Å². The van der Waals surface area contributed by atoms with E-state index in [0.717, 1.165) is 0 Å². The first-order valence-corrected chi connectivity index (χ1v) is 6.29. The number of ether oxygens (including phenoxy) is 1. The smallest absolute Gasteiger partial charge is 0.325 e. The highest BCUT2D eigenvalue weighted by atomic mass is 19.1.